The van der Waals surface area contributed by atoms with Gasteiger partial charge in [0.05, 0.1) is 4.21 Å². The number of amidine groups is 1. The molecule has 0 fully saturated rings. The van der Waals surface area contributed by atoms with E-state index in [1.165, 1.54) is 4.88 Å². The second-order valence-corrected chi connectivity index (χ2v) is 5.42. The molecule has 1 aliphatic rings. The maximum atomic E-state index is 4.47. The summed E-state index contributed by atoms with van der Waals surface area (Å²) >= 11 is 5.97. The number of hydrogen-bond donors (Lipinski definition) is 1. The molecule has 0 spiro atoms. The number of thiol groups is 1. The molecule has 0 bridgehead atoms. The fourth-order valence-corrected chi connectivity index (χ4v) is 2.55. The van der Waals surface area contributed by atoms with Crippen LogP contribution in [0.1, 0.15) is 11.3 Å². The van der Waals surface area contributed by atoms with Crippen LogP contribution in [0.4, 0.5) is 0 Å². The number of rotatable bonds is 2. The molecule has 80 valence electrons. The number of aliphatic imine (C=N–C) groups is 1. The van der Waals surface area contributed by atoms with Crippen LogP contribution in [-0.2, 0) is 0 Å². The highest BCUT2D eigenvalue weighted by atomic mass is 32.2. The SMILES string of the molecule is CN1CCCN=C1/C=C/c1ccc(S)s1. The Labute approximate surface area is 99.7 Å². The van der Waals surface area contributed by atoms with Crippen molar-refractivity contribution in [1.82, 2.24) is 4.90 Å². The van der Waals surface area contributed by atoms with E-state index in [4.69, 9.17) is 0 Å². The topological polar surface area (TPSA) is 15.6 Å². The Morgan fingerprint density at radius 3 is 3.00 bits per heavy atom. The van der Waals surface area contributed by atoms with Gasteiger partial charge in [0.15, 0.2) is 0 Å². The molecule has 0 saturated heterocycles. The first-order valence-corrected chi connectivity index (χ1v) is 6.24. The Kier molecular flexibility index (Phi) is 3.49. The van der Waals surface area contributed by atoms with E-state index in [0.29, 0.717) is 0 Å². The molecule has 0 saturated carbocycles. The second kappa shape index (κ2) is 4.86. The maximum absolute atomic E-state index is 4.47. The lowest BCUT2D eigenvalue weighted by atomic mass is 10.3. The van der Waals surface area contributed by atoms with Crippen LogP contribution < -0.4 is 0 Å². The van der Waals surface area contributed by atoms with Crippen LogP contribution in [0.5, 0.6) is 0 Å². The zero-order valence-electron chi connectivity index (χ0n) is 8.68. The van der Waals surface area contributed by atoms with Gasteiger partial charge in [0.2, 0.25) is 0 Å². The van der Waals surface area contributed by atoms with Crippen LogP contribution in [0.3, 0.4) is 0 Å². The van der Waals surface area contributed by atoms with Gasteiger partial charge in [-0.2, -0.15) is 0 Å². The minimum Gasteiger partial charge on any atom is -0.360 e. The van der Waals surface area contributed by atoms with E-state index < -0.39 is 0 Å². The largest absolute Gasteiger partial charge is 0.360 e. The minimum absolute atomic E-state index is 0.951. The molecule has 0 radical (unpaired) electrons. The van der Waals surface area contributed by atoms with Crippen LogP contribution >= 0.6 is 24.0 Å². The molecule has 1 aliphatic heterocycles. The Morgan fingerprint density at radius 2 is 2.33 bits per heavy atom. The van der Waals surface area contributed by atoms with Gasteiger partial charge in [-0.1, -0.05) is 0 Å². The van der Waals surface area contributed by atoms with Gasteiger partial charge in [-0.25, -0.2) is 0 Å². The van der Waals surface area contributed by atoms with Gasteiger partial charge < -0.3 is 4.90 Å². The molecule has 0 unspecified atom stereocenters. The molecule has 0 atom stereocenters. The maximum Gasteiger partial charge on any atom is 0.123 e. The van der Waals surface area contributed by atoms with Crippen LogP contribution in [-0.4, -0.2) is 30.9 Å². The van der Waals surface area contributed by atoms with Gasteiger partial charge in [-0.05, 0) is 30.7 Å². The molecule has 0 N–H and O–H groups in total. The average Bonchev–Trinajstić information content (AvgIpc) is 2.63. The van der Waals surface area contributed by atoms with Gasteiger partial charge in [0.1, 0.15) is 5.84 Å². The third kappa shape index (κ3) is 2.86. The Hall–Kier alpha value is -0.740. The lowest BCUT2D eigenvalue weighted by Crippen LogP contribution is -2.30. The molecule has 2 heterocycles. The lowest BCUT2D eigenvalue weighted by Gasteiger charge is -2.22. The molecule has 0 amide bonds. The van der Waals surface area contributed by atoms with Crippen LogP contribution in [0.2, 0.25) is 0 Å². The molecule has 0 aliphatic carbocycles. The van der Waals surface area contributed by atoms with Crippen molar-refractivity contribution in [2.24, 2.45) is 4.99 Å². The van der Waals surface area contributed by atoms with Crippen LogP contribution in [0.15, 0.2) is 27.4 Å². The quantitative estimate of drug-likeness (QED) is 0.783. The van der Waals surface area contributed by atoms with Crippen molar-refractivity contribution in [1.29, 1.82) is 0 Å². The van der Waals surface area contributed by atoms with Gasteiger partial charge in [-0.3, -0.25) is 4.99 Å². The fraction of sp³-hybridized carbons (Fsp3) is 0.364. The molecular formula is C11H14N2S2. The van der Waals surface area contributed by atoms with E-state index in [1.807, 2.05) is 6.07 Å². The summed E-state index contributed by atoms with van der Waals surface area (Å²) < 4.78 is 1.05. The van der Waals surface area contributed by atoms with Crippen LogP contribution in [0.25, 0.3) is 6.08 Å². The van der Waals surface area contributed by atoms with Gasteiger partial charge in [-0.15, -0.1) is 24.0 Å². The standard InChI is InChI=1S/C11H14N2S2/c1-13-8-2-7-12-10(13)5-3-9-4-6-11(14)15-9/h3-6,14H,2,7-8H2,1H3/b5-3+. The zero-order chi connectivity index (χ0) is 10.7. The van der Waals surface area contributed by atoms with E-state index in [-0.39, 0.29) is 0 Å². The zero-order valence-corrected chi connectivity index (χ0v) is 10.4. The number of thiophene rings is 1. The van der Waals surface area contributed by atoms with Crippen LogP contribution in [0, 0.1) is 0 Å². The van der Waals surface area contributed by atoms with E-state index in [9.17, 15) is 0 Å². The van der Waals surface area contributed by atoms with Gasteiger partial charge in [0.25, 0.3) is 0 Å². The molecule has 2 nitrogen and oxygen atoms in total. The van der Waals surface area contributed by atoms with Gasteiger partial charge >= 0.3 is 0 Å². The number of hydrogen-bond acceptors (Lipinski definition) is 4. The first kappa shape index (κ1) is 10.8. The van der Waals surface area contributed by atoms with E-state index in [0.717, 1.165) is 29.6 Å². The van der Waals surface area contributed by atoms with Crippen molar-refractivity contribution in [3.63, 3.8) is 0 Å². The summed E-state index contributed by atoms with van der Waals surface area (Å²) in [7, 11) is 2.08. The second-order valence-electron chi connectivity index (χ2n) is 3.52. The molecular weight excluding hydrogens is 224 g/mol. The first-order chi connectivity index (χ1) is 7.25. The van der Waals surface area contributed by atoms with Crippen molar-refractivity contribution >= 4 is 35.9 Å². The third-order valence-electron chi connectivity index (χ3n) is 2.33. The van der Waals surface area contributed by atoms with E-state index >= 15 is 0 Å². The van der Waals surface area contributed by atoms with E-state index in [1.54, 1.807) is 11.3 Å². The summed E-state index contributed by atoms with van der Waals surface area (Å²) in [6.45, 7) is 2.05. The lowest BCUT2D eigenvalue weighted by molar-refractivity contribution is 0.470. The highest BCUT2D eigenvalue weighted by Crippen LogP contribution is 2.20. The Balaban J connectivity index is 2.07. The predicted octanol–water partition coefficient (Wildman–Crippen LogP) is 2.78. The first-order valence-electron chi connectivity index (χ1n) is 4.98. The highest BCUT2D eigenvalue weighted by Gasteiger charge is 2.07. The van der Waals surface area contributed by atoms with Crippen molar-refractivity contribution in [2.75, 3.05) is 20.1 Å². The molecule has 1 aromatic rings. The summed E-state index contributed by atoms with van der Waals surface area (Å²) in [5.41, 5.74) is 0. The molecule has 2 rings (SSSR count). The number of likely N-dealkylation sites (N-methyl/N-ethyl adjacent to an activating group) is 1. The average molecular weight is 238 g/mol. The van der Waals surface area contributed by atoms with E-state index in [2.05, 4.69) is 47.8 Å². The normalized spacial score (nSPS) is 17.2. The minimum atomic E-state index is 0.951. The summed E-state index contributed by atoms with van der Waals surface area (Å²) in [6, 6.07) is 4.09. The Bertz CT molecular complexity index is 393. The summed E-state index contributed by atoms with van der Waals surface area (Å²) in [5, 5.41) is 0. The molecule has 4 heteroatoms. The molecule has 15 heavy (non-hydrogen) atoms. The Morgan fingerprint density at radius 1 is 1.47 bits per heavy atom. The van der Waals surface area contributed by atoms with Crippen molar-refractivity contribution in [2.45, 2.75) is 10.6 Å². The summed E-state index contributed by atoms with van der Waals surface area (Å²) in [5.74, 6) is 1.08. The predicted molar refractivity (Wildman–Crippen MR) is 70.2 cm³/mol. The van der Waals surface area contributed by atoms with Crippen molar-refractivity contribution in [3.05, 3.63) is 23.1 Å². The monoisotopic (exact) mass is 238 g/mol. The molecule has 0 aromatic carbocycles. The van der Waals surface area contributed by atoms with Crippen molar-refractivity contribution < 1.29 is 0 Å². The summed E-state index contributed by atoms with van der Waals surface area (Å²) in [6.07, 6.45) is 5.34. The summed E-state index contributed by atoms with van der Waals surface area (Å²) in [4.78, 5) is 7.89. The van der Waals surface area contributed by atoms with Gasteiger partial charge in [0, 0.05) is 25.0 Å². The third-order valence-corrected chi connectivity index (χ3v) is 3.60. The fourth-order valence-electron chi connectivity index (χ4n) is 1.51. The van der Waals surface area contributed by atoms with Crippen molar-refractivity contribution in [3.8, 4) is 0 Å². The highest BCUT2D eigenvalue weighted by molar-refractivity contribution is 7.82. The smallest absolute Gasteiger partial charge is 0.123 e. The molecule has 1 aromatic heterocycles. The number of nitrogens with zero attached hydrogens (tertiary/aromatic N) is 2.